The number of nitrogens with two attached hydrogens (primary N) is 1. The molecule has 0 spiro atoms. The van der Waals surface area contributed by atoms with Gasteiger partial charge in [0.1, 0.15) is 0 Å². The number of carbonyl (C=O) groups is 2. The van der Waals surface area contributed by atoms with Crippen molar-refractivity contribution < 1.29 is 9.59 Å². The number of aliphatic imine (C=N–C) groups is 1. The van der Waals surface area contributed by atoms with Crippen LogP contribution in [-0.2, 0) is 6.42 Å². The van der Waals surface area contributed by atoms with E-state index in [-0.39, 0.29) is 17.5 Å². The van der Waals surface area contributed by atoms with E-state index in [9.17, 15) is 9.59 Å². The molecule has 0 amide bonds. The second-order valence-corrected chi connectivity index (χ2v) is 6.89. The van der Waals surface area contributed by atoms with Crippen LogP contribution < -0.4 is 5.73 Å². The highest BCUT2D eigenvalue weighted by Gasteiger charge is 2.34. The zero-order valence-electron chi connectivity index (χ0n) is 15.7. The maximum atomic E-state index is 13.2. The Balaban J connectivity index is 2.36. The normalized spacial score (nSPS) is 13.8. The summed E-state index contributed by atoms with van der Waals surface area (Å²) in [6, 6.07) is 8.78. The summed E-state index contributed by atoms with van der Waals surface area (Å²) in [5, 5.41) is 0. The standard InChI is InChI=1S/C22H24N2O2/c1-5-13-11-17(24-16(6-2)12(3)4)18-19(20(13)23)22(26)15-10-8-7-9-14(15)21(18)25/h7-12H,5-6,23H2,1-4H3. The minimum absolute atomic E-state index is 0.178. The van der Waals surface area contributed by atoms with Crippen molar-refractivity contribution in [1.82, 2.24) is 0 Å². The van der Waals surface area contributed by atoms with E-state index >= 15 is 0 Å². The van der Waals surface area contributed by atoms with Crippen molar-refractivity contribution in [1.29, 1.82) is 0 Å². The molecule has 0 bridgehead atoms. The molecule has 1 aliphatic rings. The fourth-order valence-electron chi connectivity index (χ4n) is 3.50. The Morgan fingerprint density at radius 2 is 1.62 bits per heavy atom. The minimum atomic E-state index is -0.193. The highest BCUT2D eigenvalue weighted by molar-refractivity contribution is 6.32. The van der Waals surface area contributed by atoms with Crippen LogP contribution in [0.3, 0.4) is 0 Å². The molecule has 0 aromatic heterocycles. The van der Waals surface area contributed by atoms with E-state index in [1.807, 2.05) is 19.9 Å². The number of nitrogens with zero attached hydrogens (tertiary/aromatic N) is 1. The van der Waals surface area contributed by atoms with E-state index in [1.165, 1.54) is 0 Å². The number of nitrogen functional groups attached to an aromatic ring is 1. The van der Waals surface area contributed by atoms with Gasteiger partial charge in [-0.05, 0) is 30.4 Å². The van der Waals surface area contributed by atoms with E-state index in [0.717, 1.165) is 17.7 Å². The molecule has 0 atom stereocenters. The van der Waals surface area contributed by atoms with E-state index in [4.69, 9.17) is 10.7 Å². The third kappa shape index (κ3) is 2.75. The topological polar surface area (TPSA) is 72.5 Å². The highest BCUT2D eigenvalue weighted by Crippen LogP contribution is 2.39. The number of benzene rings is 2. The second kappa shape index (κ2) is 6.87. The fourth-order valence-corrected chi connectivity index (χ4v) is 3.50. The van der Waals surface area contributed by atoms with Crippen LogP contribution >= 0.6 is 0 Å². The Kier molecular flexibility index (Phi) is 4.77. The molecule has 0 fully saturated rings. The first kappa shape index (κ1) is 18.1. The maximum absolute atomic E-state index is 13.2. The lowest BCUT2D eigenvalue weighted by Crippen LogP contribution is -2.23. The lowest BCUT2D eigenvalue weighted by molar-refractivity contribution is 0.0980. The van der Waals surface area contributed by atoms with Crippen molar-refractivity contribution in [3.8, 4) is 0 Å². The number of anilines is 1. The van der Waals surface area contributed by atoms with Crippen LogP contribution in [0.15, 0.2) is 35.3 Å². The molecule has 0 heterocycles. The summed E-state index contributed by atoms with van der Waals surface area (Å²) in [4.78, 5) is 31.1. The van der Waals surface area contributed by atoms with Gasteiger partial charge in [-0.1, -0.05) is 52.0 Å². The number of fused-ring (bicyclic) bond motifs is 2. The number of aryl methyl sites for hydroxylation is 1. The summed E-state index contributed by atoms with van der Waals surface area (Å²) in [7, 11) is 0. The van der Waals surface area contributed by atoms with Crippen molar-refractivity contribution in [2.75, 3.05) is 5.73 Å². The first-order valence-corrected chi connectivity index (χ1v) is 9.11. The summed E-state index contributed by atoms with van der Waals surface area (Å²) in [6.07, 6.45) is 1.46. The van der Waals surface area contributed by atoms with Crippen molar-refractivity contribution in [3.63, 3.8) is 0 Å². The lowest BCUT2D eigenvalue weighted by Gasteiger charge is -2.22. The number of hydrogen-bond acceptors (Lipinski definition) is 4. The van der Waals surface area contributed by atoms with Gasteiger partial charge >= 0.3 is 0 Å². The van der Waals surface area contributed by atoms with Crippen LogP contribution in [-0.4, -0.2) is 17.3 Å². The first-order chi connectivity index (χ1) is 12.4. The maximum Gasteiger partial charge on any atom is 0.196 e. The van der Waals surface area contributed by atoms with Crippen molar-refractivity contribution >= 4 is 28.7 Å². The van der Waals surface area contributed by atoms with Gasteiger partial charge in [-0.25, -0.2) is 0 Å². The number of carbonyl (C=O) groups excluding carboxylic acids is 2. The Bertz CT molecular complexity index is 939. The molecular weight excluding hydrogens is 324 g/mol. The van der Waals surface area contributed by atoms with Gasteiger partial charge in [0, 0.05) is 22.5 Å². The van der Waals surface area contributed by atoms with Crippen LogP contribution in [0.2, 0.25) is 0 Å². The molecule has 0 saturated heterocycles. The molecule has 0 aliphatic heterocycles. The molecule has 134 valence electrons. The predicted octanol–water partition coefficient (Wildman–Crippen LogP) is 4.75. The second-order valence-electron chi connectivity index (χ2n) is 6.89. The van der Waals surface area contributed by atoms with E-state index in [0.29, 0.717) is 40.0 Å². The number of rotatable bonds is 4. The van der Waals surface area contributed by atoms with Crippen molar-refractivity contribution in [3.05, 3.63) is 58.1 Å². The van der Waals surface area contributed by atoms with Gasteiger partial charge < -0.3 is 5.73 Å². The quantitative estimate of drug-likeness (QED) is 0.546. The smallest absolute Gasteiger partial charge is 0.196 e. The van der Waals surface area contributed by atoms with Crippen LogP contribution in [0.1, 0.15) is 71.5 Å². The van der Waals surface area contributed by atoms with Crippen LogP contribution in [0.5, 0.6) is 0 Å². The average molecular weight is 348 g/mol. The SMILES string of the molecule is CCC(=Nc1cc(CC)c(N)c2c1C(=O)c1ccccc1C2=O)C(C)C. The van der Waals surface area contributed by atoms with Crippen LogP contribution in [0.4, 0.5) is 11.4 Å². The van der Waals surface area contributed by atoms with Crippen molar-refractivity contribution in [2.24, 2.45) is 10.9 Å². The van der Waals surface area contributed by atoms with Gasteiger partial charge in [0.25, 0.3) is 0 Å². The Morgan fingerprint density at radius 1 is 1.04 bits per heavy atom. The van der Waals surface area contributed by atoms with E-state index < -0.39 is 0 Å². The third-order valence-corrected chi connectivity index (χ3v) is 4.98. The first-order valence-electron chi connectivity index (χ1n) is 9.11. The van der Waals surface area contributed by atoms with Crippen LogP contribution in [0, 0.1) is 5.92 Å². The highest BCUT2D eigenvalue weighted by atomic mass is 16.1. The molecule has 1 aliphatic carbocycles. The predicted molar refractivity (Wildman–Crippen MR) is 106 cm³/mol. The van der Waals surface area contributed by atoms with Gasteiger partial charge in [-0.2, -0.15) is 0 Å². The van der Waals surface area contributed by atoms with Gasteiger partial charge in [-0.3, -0.25) is 14.6 Å². The van der Waals surface area contributed by atoms with E-state index in [2.05, 4.69) is 13.8 Å². The third-order valence-electron chi connectivity index (χ3n) is 4.98. The Morgan fingerprint density at radius 3 is 2.12 bits per heavy atom. The molecule has 26 heavy (non-hydrogen) atoms. The van der Waals surface area contributed by atoms with Gasteiger partial charge in [0.05, 0.1) is 16.8 Å². The number of hydrogen-bond donors (Lipinski definition) is 1. The molecule has 2 aromatic rings. The lowest BCUT2D eigenvalue weighted by atomic mass is 9.81. The van der Waals surface area contributed by atoms with E-state index in [1.54, 1.807) is 24.3 Å². The van der Waals surface area contributed by atoms with Crippen LogP contribution in [0.25, 0.3) is 0 Å². The summed E-state index contributed by atoms with van der Waals surface area (Å²) in [6.45, 7) is 8.19. The summed E-state index contributed by atoms with van der Waals surface area (Å²) >= 11 is 0. The Labute approximate surface area is 154 Å². The molecule has 0 saturated carbocycles. The molecule has 2 N–H and O–H groups in total. The average Bonchev–Trinajstić information content (AvgIpc) is 2.64. The molecule has 0 unspecified atom stereocenters. The molecule has 4 nitrogen and oxygen atoms in total. The summed E-state index contributed by atoms with van der Waals surface area (Å²) in [5.74, 6) is -0.107. The fraction of sp³-hybridized carbons (Fsp3) is 0.318. The minimum Gasteiger partial charge on any atom is -0.398 e. The zero-order valence-corrected chi connectivity index (χ0v) is 15.7. The summed E-state index contributed by atoms with van der Waals surface area (Å²) in [5.41, 5.74) is 10.6. The van der Waals surface area contributed by atoms with Gasteiger partial charge in [0.15, 0.2) is 11.6 Å². The molecule has 4 heteroatoms. The molecule has 0 radical (unpaired) electrons. The van der Waals surface area contributed by atoms with Gasteiger partial charge in [-0.15, -0.1) is 0 Å². The Hall–Kier alpha value is -2.75. The van der Waals surface area contributed by atoms with Crippen molar-refractivity contribution in [2.45, 2.75) is 40.5 Å². The molecule has 2 aromatic carbocycles. The van der Waals surface area contributed by atoms with Gasteiger partial charge in [0.2, 0.25) is 0 Å². The monoisotopic (exact) mass is 348 g/mol. The molecular formula is C22H24N2O2. The zero-order chi connectivity index (χ0) is 19.0. The molecule has 3 rings (SSSR count). The number of ketones is 2. The summed E-state index contributed by atoms with van der Waals surface area (Å²) < 4.78 is 0. The largest absolute Gasteiger partial charge is 0.398 e.